The zero-order valence-corrected chi connectivity index (χ0v) is 14.3. The minimum Gasteiger partial charge on any atom is -0.478 e. The van der Waals surface area contributed by atoms with E-state index in [1.807, 2.05) is 4.90 Å². The van der Waals surface area contributed by atoms with Crippen molar-refractivity contribution in [3.8, 4) is 0 Å². The Morgan fingerprint density at radius 3 is 1.96 bits per heavy atom. The Morgan fingerprint density at radius 1 is 0.920 bits per heavy atom. The fourth-order valence-corrected chi connectivity index (χ4v) is 3.21. The summed E-state index contributed by atoms with van der Waals surface area (Å²) in [5.74, 6) is -2.50. The van der Waals surface area contributed by atoms with Crippen LogP contribution in [0.5, 0.6) is 0 Å². The molecule has 3 atom stereocenters. The van der Waals surface area contributed by atoms with Gasteiger partial charge in [-0.1, -0.05) is 19.3 Å². The number of rotatable bonds is 4. The summed E-state index contributed by atoms with van der Waals surface area (Å²) in [6.07, 6.45) is 7.89. The normalized spacial score (nSPS) is 25.0. The zero-order valence-electron chi connectivity index (χ0n) is 14.3. The van der Waals surface area contributed by atoms with E-state index in [1.165, 1.54) is 0 Å². The Balaban J connectivity index is 0.000000333. The number of nitrogens with two attached hydrogens (primary N) is 1. The molecule has 0 spiro atoms. The van der Waals surface area contributed by atoms with Gasteiger partial charge in [-0.05, 0) is 25.7 Å². The molecule has 2 fully saturated rings. The van der Waals surface area contributed by atoms with Gasteiger partial charge in [0.15, 0.2) is 0 Å². The highest BCUT2D eigenvalue weighted by Crippen LogP contribution is 2.26. The van der Waals surface area contributed by atoms with Crippen LogP contribution in [0.25, 0.3) is 0 Å². The average molecular weight is 356 g/mol. The lowest BCUT2D eigenvalue weighted by Gasteiger charge is -2.29. The van der Waals surface area contributed by atoms with E-state index >= 15 is 0 Å². The third-order valence-electron chi connectivity index (χ3n) is 4.56. The summed E-state index contributed by atoms with van der Waals surface area (Å²) in [7, 11) is 0. The summed E-state index contributed by atoms with van der Waals surface area (Å²) in [5, 5.41) is 25.7. The Morgan fingerprint density at radius 2 is 1.44 bits per heavy atom. The predicted molar refractivity (Wildman–Crippen MR) is 90.8 cm³/mol. The molecule has 0 aromatic rings. The number of hydrogen-bond donors (Lipinski definition) is 4. The average Bonchev–Trinajstić information content (AvgIpc) is 3.01. The number of aliphatic carboxylic acids is 2. The number of aliphatic hydroxyl groups is 1. The fraction of sp³-hybridized carbons (Fsp3) is 0.706. The molecule has 8 nitrogen and oxygen atoms in total. The van der Waals surface area contributed by atoms with Crippen LogP contribution in [0.15, 0.2) is 12.2 Å². The quantitative estimate of drug-likeness (QED) is 0.426. The van der Waals surface area contributed by atoms with E-state index in [0.717, 1.165) is 58.0 Å². The minimum atomic E-state index is -1.26. The summed E-state index contributed by atoms with van der Waals surface area (Å²) >= 11 is 0. The first-order valence-electron chi connectivity index (χ1n) is 8.69. The molecular formula is C17H28N2O6. The van der Waals surface area contributed by atoms with Crippen LogP contribution in [0.4, 0.5) is 0 Å². The SMILES string of the molecule is N[C@@H](C(=O)N1CCCC1)[C@@H]1CCCCC[C@H]1O.O=C(O)/C=C/C(=O)O. The molecule has 25 heavy (non-hydrogen) atoms. The summed E-state index contributed by atoms with van der Waals surface area (Å²) in [4.78, 5) is 33.2. The number of hydrogen-bond acceptors (Lipinski definition) is 5. The van der Waals surface area contributed by atoms with Crippen LogP contribution in [-0.4, -0.2) is 63.3 Å². The number of nitrogens with zero attached hydrogens (tertiary/aromatic N) is 1. The minimum absolute atomic E-state index is 0.0365. The van der Waals surface area contributed by atoms with Crippen LogP contribution in [0.2, 0.25) is 0 Å². The molecule has 0 unspecified atom stereocenters. The second kappa shape index (κ2) is 10.8. The lowest BCUT2D eigenvalue weighted by molar-refractivity contribution is -0.134. The van der Waals surface area contributed by atoms with Crippen molar-refractivity contribution in [3.05, 3.63) is 12.2 Å². The monoisotopic (exact) mass is 356 g/mol. The van der Waals surface area contributed by atoms with Crippen LogP contribution in [0.1, 0.15) is 44.9 Å². The standard InChI is InChI=1S/C13H24N2O2.C4H4O4/c14-12(13(17)15-8-4-5-9-15)10-6-2-1-3-7-11(10)16;5-3(6)1-2-4(7)8/h10-12,16H,1-9,14H2;1-2H,(H,5,6)(H,7,8)/b;2-1+/t10-,11-,12-;/m1./s1. The highest BCUT2D eigenvalue weighted by molar-refractivity contribution is 5.89. The molecule has 0 aromatic heterocycles. The molecule has 2 aliphatic rings. The van der Waals surface area contributed by atoms with E-state index in [2.05, 4.69) is 0 Å². The topological polar surface area (TPSA) is 141 Å². The smallest absolute Gasteiger partial charge is 0.328 e. The van der Waals surface area contributed by atoms with Gasteiger partial charge in [-0.15, -0.1) is 0 Å². The molecule has 1 saturated heterocycles. The number of carboxylic acids is 2. The molecule has 8 heteroatoms. The van der Waals surface area contributed by atoms with Gasteiger partial charge in [-0.25, -0.2) is 9.59 Å². The Bertz CT molecular complexity index is 472. The van der Waals surface area contributed by atoms with Crippen LogP contribution in [0, 0.1) is 5.92 Å². The van der Waals surface area contributed by atoms with E-state index in [9.17, 15) is 19.5 Å². The maximum Gasteiger partial charge on any atom is 0.328 e. The summed E-state index contributed by atoms with van der Waals surface area (Å²) in [6.45, 7) is 1.69. The molecule has 5 N–H and O–H groups in total. The van der Waals surface area contributed by atoms with Crippen molar-refractivity contribution in [1.29, 1.82) is 0 Å². The number of amides is 1. The summed E-state index contributed by atoms with van der Waals surface area (Å²) < 4.78 is 0. The molecule has 1 saturated carbocycles. The van der Waals surface area contributed by atoms with Gasteiger partial charge >= 0.3 is 11.9 Å². The molecule has 0 bridgehead atoms. The summed E-state index contributed by atoms with van der Waals surface area (Å²) in [6, 6.07) is -0.499. The number of carbonyl (C=O) groups is 3. The van der Waals surface area contributed by atoms with Gasteiger partial charge < -0.3 is 26.0 Å². The van der Waals surface area contributed by atoms with Crippen molar-refractivity contribution in [2.45, 2.75) is 57.1 Å². The Labute approximate surface area is 147 Å². The lowest BCUT2D eigenvalue weighted by Crippen LogP contribution is -2.49. The lowest BCUT2D eigenvalue weighted by atomic mass is 9.89. The molecule has 1 aliphatic heterocycles. The second-order valence-electron chi connectivity index (χ2n) is 6.44. The van der Waals surface area contributed by atoms with Gasteiger partial charge in [0.25, 0.3) is 0 Å². The van der Waals surface area contributed by atoms with Gasteiger partial charge in [0, 0.05) is 31.2 Å². The largest absolute Gasteiger partial charge is 0.478 e. The van der Waals surface area contributed by atoms with E-state index in [-0.39, 0.29) is 17.9 Å². The number of carboxylic acid groups (broad SMARTS) is 2. The van der Waals surface area contributed by atoms with E-state index in [0.29, 0.717) is 12.2 Å². The highest BCUT2D eigenvalue weighted by atomic mass is 16.4. The first-order valence-corrected chi connectivity index (χ1v) is 8.69. The molecule has 142 valence electrons. The third-order valence-corrected chi connectivity index (χ3v) is 4.56. The zero-order chi connectivity index (χ0) is 18.8. The van der Waals surface area contributed by atoms with Crippen LogP contribution >= 0.6 is 0 Å². The van der Waals surface area contributed by atoms with Crippen LogP contribution in [-0.2, 0) is 14.4 Å². The van der Waals surface area contributed by atoms with Crippen molar-refractivity contribution < 1.29 is 29.7 Å². The van der Waals surface area contributed by atoms with Gasteiger partial charge in [0.2, 0.25) is 5.91 Å². The van der Waals surface area contributed by atoms with E-state index in [1.54, 1.807) is 0 Å². The Kier molecular flexibility index (Phi) is 9.15. The second-order valence-corrected chi connectivity index (χ2v) is 6.44. The molecule has 2 rings (SSSR count). The van der Waals surface area contributed by atoms with Gasteiger partial charge in [0.1, 0.15) is 0 Å². The number of carbonyl (C=O) groups excluding carboxylic acids is 1. The fourth-order valence-electron chi connectivity index (χ4n) is 3.21. The third kappa shape index (κ3) is 7.66. The Hall–Kier alpha value is -1.93. The molecule has 0 aromatic carbocycles. The maximum absolute atomic E-state index is 12.2. The molecule has 1 heterocycles. The van der Waals surface area contributed by atoms with Crippen molar-refractivity contribution in [3.63, 3.8) is 0 Å². The van der Waals surface area contributed by atoms with Gasteiger partial charge in [-0.2, -0.15) is 0 Å². The predicted octanol–water partition coefficient (Wildman–Crippen LogP) is 0.589. The molecular weight excluding hydrogens is 328 g/mol. The maximum atomic E-state index is 12.2. The molecule has 1 aliphatic carbocycles. The van der Waals surface area contributed by atoms with E-state index < -0.39 is 18.0 Å². The van der Waals surface area contributed by atoms with Gasteiger partial charge in [-0.3, -0.25) is 4.79 Å². The molecule has 0 radical (unpaired) electrons. The van der Waals surface area contributed by atoms with Crippen LogP contribution < -0.4 is 5.73 Å². The van der Waals surface area contributed by atoms with Crippen molar-refractivity contribution in [1.82, 2.24) is 4.90 Å². The van der Waals surface area contributed by atoms with Crippen molar-refractivity contribution in [2.75, 3.05) is 13.1 Å². The van der Waals surface area contributed by atoms with E-state index in [4.69, 9.17) is 15.9 Å². The van der Waals surface area contributed by atoms with Gasteiger partial charge in [0.05, 0.1) is 12.1 Å². The first-order chi connectivity index (χ1) is 11.8. The molecule has 1 amide bonds. The highest BCUT2D eigenvalue weighted by Gasteiger charge is 2.34. The van der Waals surface area contributed by atoms with Crippen LogP contribution in [0.3, 0.4) is 0 Å². The summed E-state index contributed by atoms with van der Waals surface area (Å²) in [5.41, 5.74) is 6.08. The van der Waals surface area contributed by atoms with Crippen molar-refractivity contribution >= 4 is 17.8 Å². The number of likely N-dealkylation sites (tertiary alicyclic amines) is 1. The number of aliphatic hydroxyl groups excluding tert-OH is 1. The first kappa shape index (κ1) is 21.1. The van der Waals surface area contributed by atoms with Crippen molar-refractivity contribution in [2.24, 2.45) is 11.7 Å².